The van der Waals surface area contributed by atoms with Gasteiger partial charge in [0, 0.05) is 49.9 Å². The largest absolute Gasteiger partial charge is 0.383 e. The molecule has 0 N–H and O–H groups in total. The van der Waals surface area contributed by atoms with Crippen molar-refractivity contribution in [1.29, 1.82) is 0 Å². The van der Waals surface area contributed by atoms with Gasteiger partial charge in [-0.2, -0.15) is 0 Å². The number of hydrogen-bond donors (Lipinski definition) is 0. The Hall–Kier alpha value is -1.99. The molecule has 0 aromatic carbocycles. The zero-order chi connectivity index (χ0) is 20.4. The number of pyridine rings is 1. The monoisotopic (exact) mass is 417 g/mol. The molecule has 0 bridgehead atoms. The van der Waals surface area contributed by atoms with Crippen LogP contribution in [-0.2, 0) is 19.5 Å². The highest BCUT2D eigenvalue weighted by Gasteiger charge is 2.23. The Labute approximate surface area is 176 Å². The SMILES string of the molecule is CC(CN1CCc2nc(C3CCCCC3)ccc2C1)Cn1cc([N+](=O)[O-])nc1Cl. The number of halogens is 1. The molecule has 1 aliphatic carbocycles. The lowest BCUT2D eigenvalue weighted by Crippen LogP contribution is -2.35. The first-order valence-electron chi connectivity index (χ1n) is 10.6. The Bertz CT molecular complexity index is 878. The van der Waals surface area contributed by atoms with E-state index in [2.05, 4.69) is 28.9 Å². The lowest BCUT2D eigenvalue weighted by molar-refractivity contribution is -0.389. The van der Waals surface area contributed by atoms with E-state index in [1.54, 1.807) is 4.57 Å². The normalized spacial score (nSPS) is 19.1. The summed E-state index contributed by atoms with van der Waals surface area (Å²) in [6.07, 6.45) is 9.00. The summed E-state index contributed by atoms with van der Waals surface area (Å²) in [5, 5.41) is 11.0. The van der Waals surface area contributed by atoms with Crippen LogP contribution in [0.2, 0.25) is 5.28 Å². The fourth-order valence-corrected chi connectivity index (χ4v) is 4.91. The maximum atomic E-state index is 10.9. The van der Waals surface area contributed by atoms with Crippen LogP contribution < -0.4 is 0 Å². The van der Waals surface area contributed by atoms with Gasteiger partial charge in [-0.1, -0.05) is 32.3 Å². The first-order chi connectivity index (χ1) is 14.0. The van der Waals surface area contributed by atoms with Gasteiger partial charge in [0.1, 0.15) is 6.20 Å². The van der Waals surface area contributed by atoms with E-state index in [4.69, 9.17) is 16.6 Å². The van der Waals surface area contributed by atoms with E-state index < -0.39 is 4.92 Å². The van der Waals surface area contributed by atoms with E-state index >= 15 is 0 Å². The first-order valence-corrected chi connectivity index (χ1v) is 11.0. The van der Waals surface area contributed by atoms with Gasteiger partial charge in [0.2, 0.25) is 0 Å². The van der Waals surface area contributed by atoms with E-state index in [0.29, 0.717) is 18.4 Å². The van der Waals surface area contributed by atoms with Crippen molar-refractivity contribution >= 4 is 17.4 Å². The van der Waals surface area contributed by atoms with Gasteiger partial charge in [-0.15, -0.1) is 0 Å². The van der Waals surface area contributed by atoms with Crippen molar-refractivity contribution in [2.75, 3.05) is 13.1 Å². The van der Waals surface area contributed by atoms with Gasteiger partial charge >= 0.3 is 11.1 Å². The fraction of sp³-hybridized carbons (Fsp3) is 0.619. The van der Waals surface area contributed by atoms with Crippen molar-refractivity contribution < 1.29 is 4.92 Å². The first kappa shape index (κ1) is 20.3. The average Bonchev–Trinajstić information content (AvgIpc) is 3.09. The summed E-state index contributed by atoms with van der Waals surface area (Å²) in [5.41, 5.74) is 3.89. The summed E-state index contributed by atoms with van der Waals surface area (Å²) in [6, 6.07) is 4.52. The van der Waals surface area contributed by atoms with Crippen molar-refractivity contribution in [2.24, 2.45) is 5.92 Å². The smallest absolute Gasteiger partial charge is 0.358 e. The number of rotatable bonds is 6. The number of nitro groups is 1. The number of imidazole rings is 1. The topological polar surface area (TPSA) is 77.1 Å². The van der Waals surface area contributed by atoms with E-state index in [1.807, 2.05) is 0 Å². The van der Waals surface area contributed by atoms with Crippen LogP contribution in [0, 0.1) is 16.0 Å². The number of fused-ring (bicyclic) bond motifs is 1. The molecule has 1 unspecified atom stereocenters. The van der Waals surface area contributed by atoms with Crippen LogP contribution >= 0.6 is 11.6 Å². The van der Waals surface area contributed by atoms with Crippen LogP contribution in [0.15, 0.2) is 18.3 Å². The summed E-state index contributed by atoms with van der Waals surface area (Å²) in [5.74, 6) is 0.752. The van der Waals surface area contributed by atoms with Gasteiger partial charge in [0.05, 0.1) is 0 Å². The minimum Gasteiger partial charge on any atom is -0.358 e. The minimum atomic E-state index is -0.511. The summed E-state index contributed by atoms with van der Waals surface area (Å²) >= 11 is 6.05. The Morgan fingerprint density at radius 3 is 2.76 bits per heavy atom. The zero-order valence-electron chi connectivity index (χ0n) is 16.9. The van der Waals surface area contributed by atoms with Crippen molar-refractivity contribution in [1.82, 2.24) is 19.4 Å². The highest BCUT2D eigenvalue weighted by molar-refractivity contribution is 6.28. The molecule has 7 nitrogen and oxygen atoms in total. The van der Waals surface area contributed by atoms with Gasteiger partial charge in [0.25, 0.3) is 0 Å². The van der Waals surface area contributed by atoms with Gasteiger partial charge in [0.15, 0.2) is 0 Å². The van der Waals surface area contributed by atoms with E-state index in [0.717, 1.165) is 26.1 Å². The molecule has 0 amide bonds. The molecule has 156 valence electrons. The molecule has 2 aromatic heterocycles. The van der Waals surface area contributed by atoms with Crippen molar-refractivity contribution in [3.8, 4) is 0 Å². The van der Waals surface area contributed by atoms with Gasteiger partial charge < -0.3 is 10.1 Å². The van der Waals surface area contributed by atoms with Crippen LogP contribution in [0.25, 0.3) is 0 Å². The van der Waals surface area contributed by atoms with Crippen molar-refractivity contribution in [3.05, 3.63) is 50.7 Å². The Balaban J connectivity index is 1.35. The third kappa shape index (κ3) is 4.78. The lowest BCUT2D eigenvalue weighted by atomic mass is 9.86. The quantitative estimate of drug-likeness (QED) is 0.507. The Kier molecular flexibility index (Phi) is 6.15. The molecule has 8 heteroatoms. The molecule has 1 atom stereocenters. The third-order valence-electron chi connectivity index (χ3n) is 6.15. The second-order valence-corrected chi connectivity index (χ2v) is 8.88. The maximum absolute atomic E-state index is 10.9. The molecule has 1 saturated carbocycles. The summed E-state index contributed by atoms with van der Waals surface area (Å²) in [7, 11) is 0. The third-order valence-corrected chi connectivity index (χ3v) is 6.45. The van der Waals surface area contributed by atoms with Crippen LogP contribution in [0.5, 0.6) is 0 Å². The van der Waals surface area contributed by atoms with Crippen LogP contribution in [-0.4, -0.2) is 37.4 Å². The zero-order valence-corrected chi connectivity index (χ0v) is 17.6. The summed E-state index contributed by atoms with van der Waals surface area (Å²) in [4.78, 5) is 21.6. The molecule has 29 heavy (non-hydrogen) atoms. The number of hydrogen-bond acceptors (Lipinski definition) is 5. The van der Waals surface area contributed by atoms with Crippen LogP contribution in [0.3, 0.4) is 0 Å². The molecule has 2 aliphatic rings. The maximum Gasteiger partial charge on any atom is 0.383 e. The molecule has 0 saturated heterocycles. The summed E-state index contributed by atoms with van der Waals surface area (Å²) < 4.78 is 1.67. The molecular weight excluding hydrogens is 390 g/mol. The summed E-state index contributed by atoms with van der Waals surface area (Å²) in [6.45, 7) is 5.57. The van der Waals surface area contributed by atoms with Gasteiger partial charge in [-0.05, 0) is 51.9 Å². The molecule has 4 rings (SSSR count). The van der Waals surface area contributed by atoms with Crippen molar-refractivity contribution in [3.63, 3.8) is 0 Å². The van der Waals surface area contributed by atoms with E-state index in [1.165, 1.54) is 55.3 Å². The Morgan fingerprint density at radius 1 is 1.24 bits per heavy atom. The molecular formula is C21H28ClN5O2. The predicted molar refractivity (Wildman–Crippen MR) is 112 cm³/mol. The number of aromatic nitrogens is 3. The van der Waals surface area contributed by atoms with E-state index in [9.17, 15) is 10.1 Å². The average molecular weight is 418 g/mol. The molecule has 2 aromatic rings. The molecule has 0 radical (unpaired) electrons. The van der Waals surface area contributed by atoms with Crippen LogP contribution in [0.4, 0.5) is 5.82 Å². The standard InChI is InChI=1S/C21H28ClN5O2/c1-15(12-26-14-20(27(28)29)24-21(26)22)11-25-10-9-19-17(13-25)7-8-18(23-19)16-5-3-2-4-6-16/h7-8,14-16H,2-6,9-13H2,1H3. The lowest BCUT2D eigenvalue weighted by Gasteiger charge is -2.31. The second kappa shape index (κ2) is 8.79. The van der Waals surface area contributed by atoms with Gasteiger partial charge in [-0.25, -0.2) is 0 Å². The Morgan fingerprint density at radius 2 is 2.03 bits per heavy atom. The predicted octanol–water partition coefficient (Wildman–Crippen LogP) is 4.58. The molecule has 3 heterocycles. The highest BCUT2D eigenvalue weighted by Crippen LogP contribution is 2.32. The second-order valence-electron chi connectivity index (χ2n) is 8.54. The molecule has 1 fully saturated rings. The molecule has 0 spiro atoms. The number of nitrogens with zero attached hydrogens (tertiary/aromatic N) is 5. The van der Waals surface area contributed by atoms with Crippen molar-refractivity contribution in [2.45, 2.75) is 64.5 Å². The minimum absolute atomic E-state index is 0.173. The van der Waals surface area contributed by atoms with E-state index in [-0.39, 0.29) is 11.1 Å². The fourth-order valence-electron chi connectivity index (χ4n) is 4.70. The van der Waals surface area contributed by atoms with Crippen LogP contribution in [0.1, 0.15) is 61.9 Å². The van der Waals surface area contributed by atoms with Gasteiger partial charge in [-0.3, -0.25) is 14.5 Å². The molecule has 1 aliphatic heterocycles. The highest BCUT2D eigenvalue weighted by atomic mass is 35.5.